The highest BCUT2D eigenvalue weighted by Crippen LogP contribution is 2.35. The molecule has 0 aromatic heterocycles. The maximum Gasteiger partial charge on any atom is 0.541 e. The van der Waals surface area contributed by atoms with Crippen molar-refractivity contribution in [2.75, 3.05) is 6.61 Å². The third-order valence-corrected chi connectivity index (χ3v) is 5.59. The third-order valence-electron chi connectivity index (χ3n) is 4.34. The highest BCUT2D eigenvalue weighted by atomic mass is 31.1. The summed E-state index contributed by atoms with van der Waals surface area (Å²) in [5.41, 5.74) is 2.32. The third kappa shape index (κ3) is 6.00. The molecule has 5 heteroatoms. The van der Waals surface area contributed by atoms with Gasteiger partial charge in [-0.25, -0.2) is 0 Å². The molecule has 0 saturated carbocycles. The molecular weight excluding hydrogens is 345 g/mol. The predicted octanol–water partition coefficient (Wildman–Crippen LogP) is 4.81. The van der Waals surface area contributed by atoms with Gasteiger partial charge in [0.15, 0.2) is 0 Å². The number of aliphatic hydroxyl groups is 1. The molecule has 4 nitrogen and oxygen atoms in total. The van der Waals surface area contributed by atoms with Crippen LogP contribution in [0.1, 0.15) is 31.9 Å². The van der Waals surface area contributed by atoms with Crippen molar-refractivity contribution in [2.24, 2.45) is 5.92 Å². The SMILES string of the molecule is CCO[P+](=O)[C@H](O)[C@H](C(C)C)N(Cc1ccccc1)Cc1ccccc1. The summed E-state index contributed by atoms with van der Waals surface area (Å²) in [6.07, 6.45) is 0. The molecule has 140 valence electrons. The van der Waals surface area contributed by atoms with E-state index in [0.717, 1.165) is 11.1 Å². The van der Waals surface area contributed by atoms with Crippen LogP contribution < -0.4 is 0 Å². The van der Waals surface area contributed by atoms with Crippen molar-refractivity contribution in [1.82, 2.24) is 4.90 Å². The van der Waals surface area contributed by atoms with Crippen LogP contribution in [0, 0.1) is 5.92 Å². The van der Waals surface area contributed by atoms with Crippen molar-refractivity contribution in [3.8, 4) is 0 Å². The lowest BCUT2D eigenvalue weighted by molar-refractivity contribution is 0.0497. The molecule has 0 spiro atoms. The van der Waals surface area contributed by atoms with Crippen LogP contribution in [0.25, 0.3) is 0 Å². The Balaban J connectivity index is 2.29. The van der Waals surface area contributed by atoms with Gasteiger partial charge < -0.3 is 5.11 Å². The minimum Gasteiger partial charge on any atom is -0.347 e. The van der Waals surface area contributed by atoms with E-state index in [2.05, 4.69) is 29.2 Å². The van der Waals surface area contributed by atoms with Crippen molar-refractivity contribution in [2.45, 2.75) is 45.7 Å². The van der Waals surface area contributed by atoms with Gasteiger partial charge in [-0.15, -0.1) is 4.52 Å². The van der Waals surface area contributed by atoms with Gasteiger partial charge in [-0.05, 0) is 28.5 Å². The fourth-order valence-corrected chi connectivity index (χ4v) is 4.37. The molecule has 2 aromatic carbocycles. The Bertz CT molecular complexity index is 622. The van der Waals surface area contributed by atoms with E-state index in [1.54, 1.807) is 6.92 Å². The van der Waals surface area contributed by atoms with Gasteiger partial charge in [-0.3, -0.25) is 4.90 Å². The fourth-order valence-electron chi connectivity index (χ4n) is 3.19. The lowest BCUT2D eigenvalue weighted by atomic mass is 10.0. The summed E-state index contributed by atoms with van der Waals surface area (Å²) in [5, 5.41) is 10.8. The second-order valence-corrected chi connectivity index (χ2v) is 8.09. The van der Waals surface area contributed by atoms with Crippen LogP contribution >= 0.6 is 8.03 Å². The first-order valence-corrected chi connectivity index (χ1v) is 10.4. The van der Waals surface area contributed by atoms with E-state index in [9.17, 15) is 9.67 Å². The van der Waals surface area contributed by atoms with Crippen molar-refractivity contribution < 1.29 is 14.2 Å². The van der Waals surface area contributed by atoms with Crippen molar-refractivity contribution in [1.29, 1.82) is 0 Å². The molecule has 0 saturated heterocycles. The molecule has 0 radical (unpaired) electrons. The van der Waals surface area contributed by atoms with Gasteiger partial charge in [0.2, 0.25) is 0 Å². The smallest absolute Gasteiger partial charge is 0.347 e. The van der Waals surface area contributed by atoms with Gasteiger partial charge >= 0.3 is 13.9 Å². The van der Waals surface area contributed by atoms with Gasteiger partial charge in [0.25, 0.3) is 0 Å². The molecule has 0 fully saturated rings. The fraction of sp³-hybridized carbons (Fsp3) is 0.429. The minimum atomic E-state index is -2.13. The maximum atomic E-state index is 12.3. The molecule has 0 bridgehead atoms. The van der Waals surface area contributed by atoms with Gasteiger partial charge in [-0.1, -0.05) is 74.5 Å². The highest BCUT2D eigenvalue weighted by molar-refractivity contribution is 7.39. The zero-order valence-corrected chi connectivity index (χ0v) is 16.7. The Labute approximate surface area is 157 Å². The van der Waals surface area contributed by atoms with E-state index in [1.807, 2.05) is 50.2 Å². The Hall–Kier alpha value is -1.58. The minimum absolute atomic E-state index is 0.122. The molecule has 0 aliphatic rings. The van der Waals surface area contributed by atoms with Crippen molar-refractivity contribution in [3.05, 3.63) is 71.8 Å². The van der Waals surface area contributed by atoms with Gasteiger partial charge in [0.05, 0.1) is 12.6 Å². The van der Waals surface area contributed by atoms with Crippen LogP contribution in [0.4, 0.5) is 0 Å². The van der Waals surface area contributed by atoms with E-state index in [-0.39, 0.29) is 12.0 Å². The van der Waals surface area contributed by atoms with E-state index < -0.39 is 13.9 Å². The molecular formula is C21H29NO3P+. The first-order chi connectivity index (χ1) is 12.5. The lowest BCUT2D eigenvalue weighted by Gasteiger charge is -2.33. The highest BCUT2D eigenvalue weighted by Gasteiger charge is 2.43. The monoisotopic (exact) mass is 374 g/mol. The van der Waals surface area contributed by atoms with Crippen molar-refractivity contribution >= 4 is 8.03 Å². The number of aliphatic hydroxyl groups excluding tert-OH is 1. The molecule has 2 aromatic rings. The summed E-state index contributed by atoms with van der Waals surface area (Å²) in [6, 6.07) is 20.1. The van der Waals surface area contributed by atoms with E-state index in [4.69, 9.17) is 4.52 Å². The summed E-state index contributed by atoms with van der Waals surface area (Å²) in [5.74, 6) is -0.908. The van der Waals surface area contributed by atoms with E-state index in [0.29, 0.717) is 19.7 Å². The van der Waals surface area contributed by atoms with Crippen molar-refractivity contribution in [3.63, 3.8) is 0 Å². The van der Waals surface area contributed by atoms with Gasteiger partial charge in [0, 0.05) is 13.1 Å². The largest absolute Gasteiger partial charge is 0.541 e. The Morgan fingerprint density at radius 1 is 0.962 bits per heavy atom. The van der Waals surface area contributed by atoms with Crippen LogP contribution in [0.2, 0.25) is 0 Å². The molecule has 1 unspecified atom stereocenters. The summed E-state index contributed by atoms with van der Waals surface area (Å²) in [4.78, 5) is 2.20. The number of hydrogen-bond acceptors (Lipinski definition) is 4. The summed E-state index contributed by atoms with van der Waals surface area (Å²) in [6.45, 7) is 7.55. The average molecular weight is 374 g/mol. The first kappa shape index (κ1) is 20.7. The van der Waals surface area contributed by atoms with E-state index >= 15 is 0 Å². The van der Waals surface area contributed by atoms with Crippen LogP contribution in [0.15, 0.2) is 60.7 Å². The number of hydrogen-bond donors (Lipinski definition) is 1. The van der Waals surface area contributed by atoms with Gasteiger partial charge in [0.1, 0.15) is 0 Å². The second-order valence-electron chi connectivity index (χ2n) is 6.73. The lowest BCUT2D eigenvalue weighted by Crippen LogP contribution is -2.45. The maximum absolute atomic E-state index is 12.3. The molecule has 0 aliphatic heterocycles. The zero-order valence-electron chi connectivity index (χ0n) is 15.8. The van der Waals surface area contributed by atoms with Crippen LogP contribution in [-0.4, -0.2) is 28.5 Å². The topological polar surface area (TPSA) is 49.8 Å². The Morgan fingerprint density at radius 2 is 1.42 bits per heavy atom. The quantitative estimate of drug-likeness (QED) is 0.606. The standard InChI is InChI=1S/C21H29NO3P/c1-4-25-26(24)21(23)20(17(2)3)22(15-18-11-7-5-8-12-18)16-19-13-9-6-10-14-19/h5-14,17,20-21,23H,4,15-16H2,1-3H3/q+1/t20-,21-/m0/s1. The first-order valence-electron chi connectivity index (χ1n) is 9.12. The molecule has 26 heavy (non-hydrogen) atoms. The van der Waals surface area contributed by atoms with Crippen LogP contribution in [0.5, 0.6) is 0 Å². The predicted molar refractivity (Wildman–Crippen MR) is 106 cm³/mol. The number of rotatable bonds is 10. The zero-order chi connectivity index (χ0) is 18.9. The summed E-state index contributed by atoms with van der Waals surface area (Å²) >= 11 is 0. The molecule has 3 atom stereocenters. The normalized spacial score (nSPS) is 14.5. The Morgan fingerprint density at radius 3 is 1.81 bits per heavy atom. The van der Waals surface area contributed by atoms with Crippen LogP contribution in [-0.2, 0) is 22.2 Å². The molecule has 0 amide bonds. The molecule has 2 rings (SSSR count). The molecule has 0 aliphatic carbocycles. The number of nitrogens with zero attached hydrogens (tertiary/aromatic N) is 1. The second kappa shape index (κ2) is 10.5. The molecule has 0 heterocycles. The number of benzene rings is 2. The average Bonchev–Trinajstić information content (AvgIpc) is 2.63. The summed E-state index contributed by atoms with van der Waals surface area (Å²) in [7, 11) is -2.13. The van der Waals surface area contributed by atoms with Gasteiger partial charge in [-0.2, -0.15) is 0 Å². The van der Waals surface area contributed by atoms with Crippen LogP contribution in [0.3, 0.4) is 0 Å². The molecule has 1 N–H and O–H groups in total. The summed E-state index contributed by atoms with van der Waals surface area (Å²) < 4.78 is 17.6. The Kier molecular flexibility index (Phi) is 8.40. The van der Waals surface area contributed by atoms with E-state index in [1.165, 1.54) is 0 Å².